The van der Waals surface area contributed by atoms with Gasteiger partial charge in [0.05, 0.1) is 33.3 Å². The Labute approximate surface area is 240 Å². The normalized spacial score (nSPS) is 11.8. The minimum absolute atomic E-state index is 0.629. The van der Waals surface area contributed by atoms with Crippen molar-refractivity contribution in [3.05, 3.63) is 134 Å². The Morgan fingerprint density at radius 1 is 0.452 bits per heavy atom. The van der Waals surface area contributed by atoms with E-state index in [1.165, 1.54) is 0 Å². The third-order valence-electron chi connectivity index (χ3n) is 8.09. The second kappa shape index (κ2) is 8.81. The molecule has 6 heteroatoms. The van der Waals surface area contributed by atoms with Crippen LogP contribution in [0.3, 0.4) is 0 Å². The van der Waals surface area contributed by atoms with Gasteiger partial charge in [-0.1, -0.05) is 78.9 Å². The predicted octanol–water partition coefficient (Wildman–Crippen LogP) is 8.28. The fourth-order valence-electron chi connectivity index (χ4n) is 6.33. The fraction of sp³-hybridized carbons (Fsp3) is 0. The molecule has 0 atom stereocenters. The highest BCUT2D eigenvalue weighted by Gasteiger charge is 2.23. The van der Waals surface area contributed by atoms with Gasteiger partial charge in [-0.3, -0.25) is 14.5 Å². The second-order valence-electron chi connectivity index (χ2n) is 10.4. The number of aromatic nitrogens is 6. The van der Waals surface area contributed by atoms with Gasteiger partial charge < -0.3 is 4.57 Å². The first-order valence-electron chi connectivity index (χ1n) is 13.9. The molecule has 0 amide bonds. The van der Waals surface area contributed by atoms with Gasteiger partial charge in [0.2, 0.25) is 5.95 Å². The monoisotopic (exact) mass is 538 g/mol. The molecule has 0 bridgehead atoms. The molecule has 0 spiro atoms. The molecule has 0 aliphatic carbocycles. The van der Waals surface area contributed by atoms with Crippen LogP contribution in [0.2, 0.25) is 0 Å². The van der Waals surface area contributed by atoms with Gasteiger partial charge in [-0.05, 0) is 36.4 Å². The van der Waals surface area contributed by atoms with E-state index >= 15 is 0 Å². The third-order valence-corrected chi connectivity index (χ3v) is 8.09. The number of hydrogen-bond acceptors (Lipinski definition) is 4. The first-order valence-corrected chi connectivity index (χ1v) is 13.9. The Morgan fingerprint density at radius 2 is 1.12 bits per heavy atom. The van der Waals surface area contributed by atoms with Crippen molar-refractivity contribution in [2.45, 2.75) is 0 Å². The summed E-state index contributed by atoms with van der Waals surface area (Å²) in [7, 11) is 0. The Kier molecular flexibility index (Phi) is 4.80. The van der Waals surface area contributed by atoms with Crippen molar-refractivity contribution in [1.29, 1.82) is 0 Å². The van der Waals surface area contributed by atoms with Crippen molar-refractivity contribution in [1.82, 2.24) is 29.1 Å². The lowest BCUT2D eigenvalue weighted by atomic mass is 10.1. The van der Waals surface area contributed by atoms with E-state index in [-0.39, 0.29) is 0 Å². The Bertz CT molecular complexity index is 2460. The number of benzene rings is 5. The lowest BCUT2D eigenvalue weighted by Gasteiger charge is -2.12. The summed E-state index contributed by atoms with van der Waals surface area (Å²) < 4.78 is 4.55. The van der Waals surface area contributed by atoms with Crippen LogP contribution in [0.4, 0.5) is 0 Å². The maximum Gasteiger partial charge on any atom is 0.235 e. The molecule has 0 aliphatic heterocycles. The number of nitrogens with zero attached hydrogens (tertiary/aromatic N) is 6. The van der Waals surface area contributed by atoms with E-state index in [1.807, 2.05) is 36.5 Å². The lowest BCUT2D eigenvalue weighted by Crippen LogP contribution is -2.03. The number of hydrogen-bond donors (Lipinski definition) is 0. The zero-order chi connectivity index (χ0) is 27.6. The maximum atomic E-state index is 5.12. The van der Waals surface area contributed by atoms with Gasteiger partial charge in [-0.15, -0.1) is 0 Å². The van der Waals surface area contributed by atoms with E-state index in [9.17, 15) is 0 Å². The molecular formula is C36H22N6. The van der Waals surface area contributed by atoms with Gasteiger partial charge in [0.1, 0.15) is 5.52 Å². The second-order valence-corrected chi connectivity index (χ2v) is 10.4. The minimum atomic E-state index is 0.629. The first kappa shape index (κ1) is 22.9. The largest absolute Gasteiger partial charge is 0.305 e. The average molecular weight is 539 g/mol. The summed E-state index contributed by atoms with van der Waals surface area (Å²) in [6.45, 7) is 0. The molecule has 6 nitrogen and oxygen atoms in total. The van der Waals surface area contributed by atoms with E-state index in [0.717, 1.165) is 71.6 Å². The van der Waals surface area contributed by atoms with Crippen molar-refractivity contribution in [2.75, 3.05) is 0 Å². The van der Waals surface area contributed by atoms with Crippen LogP contribution < -0.4 is 0 Å². The lowest BCUT2D eigenvalue weighted by molar-refractivity contribution is 0.991. The summed E-state index contributed by atoms with van der Waals surface area (Å²) >= 11 is 0. The van der Waals surface area contributed by atoms with E-state index in [1.54, 1.807) is 12.4 Å². The number of para-hydroxylation sites is 2. The van der Waals surface area contributed by atoms with E-state index < -0.39 is 0 Å². The number of fused-ring (bicyclic) bond motifs is 9. The van der Waals surface area contributed by atoms with E-state index in [2.05, 4.69) is 99.0 Å². The van der Waals surface area contributed by atoms with E-state index in [4.69, 9.17) is 15.0 Å². The van der Waals surface area contributed by atoms with Gasteiger partial charge in [-0.25, -0.2) is 9.97 Å². The highest BCUT2D eigenvalue weighted by molar-refractivity contribution is 6.26. The molecule has 0 radical (unpaired) electrons. The van der Waals surface area contributed by atoms with Gasteiger partial charge in [-0.2, -0.15) is 0 Å². The molecule has 9 aromatic rings. The quantitative estimate of drug-likeness (QED) is 0.227. The highest BCUT2D eigenvalue weighted by Crippen LogP contribution is 2.42. The van der Waals surface area contributed by atoms with E-state index in [0.29, 0.717) is 5.95 Å². The zero-order valence-electron chi connectivity index (χ0n) is 22.4. The summed E-state index contributed by atoms with van der Waals surface area (Å²) in [5.41, 5.74) is 8.93. The van der Waals surface area contributed by atoms with Crippen molar-refractivity contribution < 1.29 is 0 Å². The van der Waals surface area contributed by atoms with Gasteiger partial charge in [0.15, 0.2) is 0 Å². The topological polar surface area (TPSA) is 61.4 Å². The van der Waals surface area contributed by atoms with Gasteiger partial charge in [0, 0.05) is 51.4 Å². The van der Waals surface area contributed by atoms with Crippen LogP contribution in [-0.2, 0) is 0 Å². The summed E-state index contributed by atoms with van der Waals surface area (Å²) in [6, 6.07) is 39.9. The summed E-state index contributed by atoms with van der Waals surface area (Å²) in [5, 5.41) is 4.55. The average Bonchev–Trinajstić information content (AvgIpc) is 3.59. The zero-order valence-corrected chi connectivity index (χ0v) is 22.4. The van der Waals surface area contributed by atoms with Crippen LogP contribution in [0.5, 0.6) is 0 Å². The maximum absolute atomic E-state index is 5.12. The Hall–Kier alpha value is -5.88. The molecule has 4 aromatic heterocycles. The van der Waals surface area contributed by atoms with Crippen LogP contribution >= 0.6 is 0 Å². The van der Waals surface area contributed by atoms with Crippen LogP contribution in [0, 0.1) is 0 Å². The highest BCUT2D eigenvalue weighted by atomic mass is 15.2. The fourth-order valence-corrected chi connectivity index (χ4v) is 6.33. The summed E-state index contributed by atoms with van der Waals surface area (Å²) in [6.07, 6.45) is 5.36. The standard InChI is InChI=1S/C36H22N6/c1-3-9-23(10-4-1)29-19-20-39-36(40-29)42-31-14-8-7-13-25(31)26-15-16-28-27-17-18-30-32(38-22-21-37-30)33(27)41(34(28)35(26)42)24-11-5-2-6-12-24/h1-22H. The van der Waals surface area contributed by atoms with Crippen molar-refractivity contribution in [3.63, 3.8) is 0 Å². The third kappa shape index (κ3) is 3.20. The van der Waals surface area contributed by atoms with Gasteiger partial charge >= 0.3 is 0 Å². The van der Waals surface area contributed by atoms with Gasteiger partial charge in [0.25, 0.3) is 0 Å². The summed E-state index contributed by atoms with van der Waals surface area (Å²) in [4.78, 5) is 19.4. The molecule has 9 rings (SSSR count). The molecule has 5 aromatic carbocycles. The molecule has 196 valence electrons. The summed E-state index contributed by atoms with van der Waals surface area (Å²) in [5.74, 6) is 0.629. The minimum Gasteiger partial charge on any atom is -0.305 e. The molecule has 42 heavy (non-hydrogen) atoms. The molecule has 0 aliphatic rings. The van der Waals surface area contributed by atoms with Crippen molar-refractivity contribution in [2.24, 2.45) is 0 Å². The predicted molar refractivity (Wildman–Crippen MR) is 169 cm³/mol. The molecule has 0 N–H and O–H groups in total. The van der Waals surface area contributed by atoms with Crippen molar-refractivity contribution >= 4 is 54.6 Å². The first-order chi connectivity index (χ1) is 20.9. The molecular weight excluding hydrogens is 516 g/mol. The SMILES string of the molecule is c1ccc(-c2ccnc(-n3c4ccccc4c4ccc5c6ccc7nccnc7c6n(-c6ccccc6)c5c43)n2)cc1. The smallest absolute Gasteiger partial charge is 0.235 e. The van der Waals surface area contributed by atoms with Crippen molar-refractivity contribution in [3.8, 4) is 22.9 Å². The molecule has 0 fully saturated rings. The molecule has 0 saturated carbocycles. The Morgan fingerprint density at radius 3 is 1.98 bits per heavy atom. The molecule has 0 saturated heterocycles. The Balaban J connectivity index is 1.51. The van der Waals surface area contributed by atoms with Crippen LogP contribution in [0.1, 0.15) is 0 Å². The van der Waals surface area contributed by atoms with Crippen LogP contribution in [0.25, 0.3) is 77.5 Å². The molecule has 0 unspecified atom stereocenters. The van der Waals surface area contributed by atoms with Crippen LogP contribution in [0.15, 0.2) is 134 Å². The number of rotatable bonds is 3. The molecule has 4 heterocycles. The van der Waals surface area contributed by atoms with Crippen LogP contribution in [-0.4, -0.2) is 29.1 Å².